The first-order valence-corrected chi connectivity index (χ1v) is 8.86. The number of ether oxygens (including phenoxy) is 1. The van der Waals surface area contributed by atoms with Crippen LogP contribution in [0.5, 0.6) is 5.75 Å². The summed E-state index contributed by atoms with van der Waals surface area (Å²) < 4.78 is 29.2. The summed E-state index contributed by atoms with van der Waals surface area (Å²) >= 11 is 0. The van der Waals surface area contributed by atoms with Gasteiger partial charge in [-0.1, -0.05) is 12.1 Å². The Morgan fingerprint density at radius 2 is 1.89 bits per heavy atom. The number of nitrogens with one attached hydrogen (secondary N) is 2. The van der Waals surface area contributed by atoms with Gasteiger partial charge < -0.3 is 20.3 Å². The van der Waals surface area contributed by atoms with Crippen molar-refractivity contribution >= 4 is 23.3 Å². The molecule has 2 N–H and O–H groups in total. The topological polar surface area (TPSA) is 83.6 Å². The van der Waals surface area contributed by atoms with Gasteiger partial charge in [0, 0.05) is 13.1 Å². The molecule has 0 spiro atoms. The maximum atomic E-state index is 12.4. The van der Waals surface area contributed by atoms with Crippen LogP contribution in [0.1, 0.15) is 23.2 Å². The average molecular weight is 390 g/mol. The van der Waals surface area contributed by atoms with Crippen LogP contribution in [0, 0.1) is 0 Å². The Morgan fingerprint density at radius 3 is 2.57 bits per heavy atom. The van der Waals surface area contributed by atoms with E-state index in [1.54, 1.807) is 12.3 Å². The SMILES string of the molecule is O=C(CNC(=O)c1ccccc1OC(F)F)Nc1ccc(N2CCCC2)nc1. The van der Waals surface area contributed by atoms with Gasteiger partial charge in [-0.2, -0.15) is 8.78 Å². The van der Waals surface area contributed by atoms with Crippen LogP contribution in [0.25, 0.3) is 0 Å². The summed E-state index contributed by atoms with van der Waals surface area (Å²) in [6.07, 6.45) is 3.84. The number of rotatable bonds is 7. The molecule has 0 unspecified atom stereocenters. The second-order valence-corrected chi connectivity index (χ2v) is 6.20. The minimum Gasteiger partial charge on any atom is -0.434 e. The van der Waals surface area contributed by atoms with Gasteiger partial charge in [0.05, 0.1) is 24.0 Å². The van der Waals surface area contributed by atoms with Gasteiger partial charge in [0.1, 0.15) is 11.6 Å². The molecule has 1 aromatic carbocycles. The van der Waals surface area contributed by atoms with Crippen molar-refractivity contribution in [3.05, 3.63) is 48.2 Å². The first kappa shape index (κ1) is 19.5. The fourth-order valence-electron chi connectivity index (χ4n) is 2.91. The van der Waals surface area contributed by atoms with E-state index in [9.17, 15) is 18.4 Å². The molecule has 148 valence electrons. The number of alkyl halides is 2. The Bertz CT molecular complexity index is 824. The molecule has 2 amide bonds. The van der Waals surface area contributed by atoms with E-state index in [0.29, 0.717) is 5.69 Å². The largest absolute Gasteiger partial charge is 0.434 e. The van der Waals surface area contributed by atoms with Gasteiger partial charge in [-0.3, -0.25) is 9.59 Å². The van der Waals surface area contributed by atoms with E-state index in [2.05, 4.69) is 25.3 Å². The summed E-state index contributed by atoms with van der Waals surface area (Å²) in [6, 6.07) is 9.16. The molecule has 0 bridgehead atoms. The van der Waals surface area contributed by atoms with Crippen molar-refractivity contribution in [1.29, 1.82) is 0 Å². The molecular weight excluding hydrogens is 370 g/mol. The van der Waals surface area contributed by atoms with E-state index < -0.39 is 18.4 Å². The molecule has 1 saturated heterocycles. The van der Waals surface area contributed by atoms with Crippen LogP contribution in [0.4, 0.5) is 20.3 Å². The summed E-state index contributed by atoms with van der Waals surface area (Å²) in [5, 5.41) is 5.01. The molecule has 1 fully saturated rings. The lowest BCUT2D eigenvalue weighted by Gasteiger charge is -2.16. The minimum absolute atomic E-state index is 0.0766. The zero-order valence-electron chi connectivity index (χ0n) is 15.0. The van der Waals surface area contributed by atoms with E-state index in [-0.39, 0.29) is 17.9 Å². The number of anilines is 2. The van der Waals surface area contributed by atoms with Crippen molar-refractivity contribution in [2.75, 3.05) is 29.9 Å². The van der Waals surface area contributed by atoms with Gasteiger partial charge >= 0.3 is 6.61 Å². The molecular formula is C19H20F2N4O3. The molecule has 1 aliphatic heterocycles. The Kier molecular flexibility index (Phi) is 6.36. The highest BCUT2D eigenvalue weighted by atomic mass is 19.3. The molecule has 0 radical (unpaired) electrons. The molecule has 7 nitrogen and oxygen atoms in total. The molecule has 0 atom stereocenters. The van der Waals surface area contributed by atoms with Gasteiger partial charge in [0.15, 0.2) is 0 Å². The quantitative estimate of drug-likeness (QED) is 0.760. The first-order valence-electron chi connectivity index (χ1n) is 8.86. The van der Waals surface area contributed by atoms with Gasteiger partial charge in [-0.15, -0.1) is 0 Å². The molecule has 2 aromatic rings. The third-order valence-electron chi connectivity index (χ3n) is 4.22. The number of halogens is 2. The number of hydrogen-bond donors (Lipinski definition) is 2. The summed E-state index contributed by atoms with van der Waals surface area (Å²) in [6.45, 7) is -1.42. The number of hydrogen-bond acceptors (Lipinski definition) is 5. The van der Waals surface area contributed by atoms with E-state index in [1.165, 1.54) is 24.3 Å². The lowest BCUT2D eigenvalue weighted by molar-refractivity contribution is -0.115. The number of carbonyl (C=O) groups excluding carboxylic acids is 2. The van der Waals surface area contributed by atoms with E-state index in [4.69, 9.17) is 0 Å². The lowest BCUT2D eigenvalue weighted by Crippen LogP contribution is -2.33. The molecule has 1 aromatic heterocycles. The third-order valence-corrected chi connectivity index (χ3v) is 4.22. The molecule has 0 aliphatic carbocycles. The van der Waals surface area contributed by atoms with Gasteiger partial charge in [0.2, 0.25) is 5.91 Å². The van der Waals surface area contributed by atoms with Crippen molar-refractivity contribution in [1.82, 2.24) is 10.3 Å². The summed E-state index contributed by atoms with van der Waals surface area (Å²) in [7, 11) is 0. The molecule has 0 saturated carbocycles. The molecule has 1 aliphatic rings. The van der Waals surface area contributed by atoms with Crippen LogP contribution in [0.2, 0.25) is 0 Å². The number of benzene rings is 1. The number of carbonyl (C=O) groups is 2. The Balaban J connectivity index is 1.52. The van der Waals surface area contributed by atoms with Crippen molar-refractivity contribution in [3.8, 4) is 5.75 Å². The van der Waals surface area contributed by atoms with E-state index in [0.717, 1.165) is 31.7 Å². The second-order valence-electron chi connectivity index (χ2n) is 6.20. The van der Waals surface area contributed by atoms with E-state index >= 15 is 0 Å². The van der Waals surface area contributed by atoms with Crippen LogP contribution in [0.15, 0.2) is 42.6 Å². The van der Waals surface area contributed by atoms with Crippen LogP contribution in [-0.2, 0) is 4.79 Å². The highest BCUT2D eigenvalue weighted by Crippen LogP contribution is 2.20. The molecule has 9 heteroatoms. The predicted octanol–water partition coefficient (Wildman–Crippen LogP) is 2.65. The number of nitrogens with zero attached hydrogens (tertiary/aromatic N) is 2. The smallest absolute Gasteiger partial charge is 0.387 e. The zero-order valence-corrected chi connectivity index (χ0v) is 15.0. The standard InChI is InChI=1S/C19H20F2N4O3/c20-19(21)28-15-6-2-1-5-14(15)18(27)23-12-17(26)24-13-7-8-16(22-11-13)25-9-3-4-10-25/h1-2,5-8,11,19H,3-4,9-10,12H2,(H,23,27)(H,24,26). The predicted molar refractivity (Wildman–Crippen MR) is 99.7 cm³/mol. The van der Waals surface area contributed by atoms with Gasteiger partial charge in [-0.05, 0) is 37.1 Å². The minimum atomic E-state index is -3.05. The summed E-state index contributed by atoms with van der Waals surface area (Å²) in [5.41, 5.74) is 0.427. The average Bonchev–Trinajstić information content (AvgIpc) is 3.21. The highest BCUT2D eigenvalue weighted by molar-refractivity contribution is 6.00. The fourth-order valence-corrected chi connectivity index (χ4v) is 2.91. The van der Waals surface area contributed by atoms with E-state index in [1.807, 2.05) is 6.07 Å². The van der Waals surface area contributed by atoms with Gasteiger partial charge in [0.25, 0.3) is 5.91 Å². The van der Waals surface area contributed by atoms with Crippen molar-refractivity contribution in [3.63, 3.8) is 0 Å². The first-order chi connectivity index (χ1) is 13.5. The Hall–Kier alpha value is -3.23. The Labute approximate surface area is 160 Å². The zero-order chi connectivity index (χ0) is 19.9. The van der Waals surface area contributed by atoms with Crippen LogP contribution >= 0.6 is 0 Å². The highest BCUT2D eigenvalue weighted by Gasteiger charge is 2.16. The Morgan fingerprint density at radius 1 is 1.14 bits per heavy atom. The van der Waals surface area contributed by atoms with Crippen molar-refractivity contribution < 1.29 is 23.1 Å². The summed E-state index contributed by atoms with van der Waals surface area (Å²) in [5.74, 6) is -0.540. The fraction of sp³-hybridized carbons (Fsp3) is 0.316. The van der Waals surface area contributed by atoms with Crippen LogP contribution in [-0.4, -0.2) is 43.0 Å². The third kappa shape index (κ3) is 5.15. The van der Waals surface area contributed by atoms with Gasteiger partial charge in [-0.25, -0.2) is 4.98 Å². The maximum absolute atomic E-state index is 12.4. The van der Waals surface area contributed by atoms with Crippen molar-refractivity contribution in [2.24, 2.45) is 0 Å². The number of aromatic nitrogens is 1. The van der Waals surface area contributed by atoms with Crippen LogP contribution < -0.4 is 20.3 Å². The lowest BCUT2D eigenvalue weighted by atomic mass is 10.2. The number of para-hydroxylation sites is 1. The molecule has 3 rings (SSSR count). The van der Waals surface area contributed by atoms with Crippen LogP contribution in [0.3, 0.4) is 0 Å². The molecule has 2 heterocycles. The number of amides is 2. The molecule has 28 heavy (non-hydrogen) atoms. The maximum Gasteiger partial charge on any atom is 0.387 e. The van der Waals surface area contributed by atoms with Crippen molar-refractivity contribution in [2.45, 2.75) is 19.5 Å². The normalized spacial score (nSPS) is 13.5. The number of pyridine rings is 1. The summed E-state index contributed by atoms with van der Waals surface area (Å²) in [4.78, 5) is 30.7. The second kappa shape index (κ2) is 9.12. The monoisotopic (exact) mass is 390 g/mol.